The highest BCUT2D eigenvalue weighted by atomic mass is 35.5. The molecule has 0 spiro atoms. The normalized spacial score (nSPS) is 14.7. The van der Waals surface area contributed by atoms with Gasteiger partial charge in [0, 0.05) is 29.3 Å². The van der Waals surface area contributed by atoms with Crippen molar-refractivity contribution >= 4 is 9.84 Å². The van der Waals surface area contributed by atoms with Gasteiger partial charge in [0.1, 0.15) is 0 Å². The number of pyridine rings is 1. The standard InChI is InChI=1S/C35H32NO2S.ClH/c1-25-16-20-29(21-17-25)36-33(28-12-7-4-8-13-28)24-32(27-10-5-3-6-11-27)31-14-9-15-34(35(31)36)39(37,38)30-22-18-26(2)19-23-30;/h3-8,10-13,16-24,34H,9,14-15H2,1-2H3;1H/q+1;/p-1. The van der Waals surface area contributed by atoms with E-state index in [0.29, 0.717) is 11.3 Å². The summed E-state index contributed by atoms with van der Waals surface area (Å²) in [4.78, 5) is 0.382. The molecule has 5 aromatic rings. The van der Waals surface area contributed by atoms with Crippen molar-refractivity contribution in [2.45, 2.75) is 43.3 Å². The van der Waals surface area contributed by atoms with Crippen molar-refractivity contribution in [2.75, 3.05) is 0 Å². The molecule has 0 bridgehead atoms. The highest BCUT2D eigenvalue weighted by molar-refractivity contribution is 7.91. The van der Waals surface area contributed by atoms with Crippen molar-refractivity contribution in [1.29, 1.82) is 0 Å². The first-order valence-electron chi connectivity index (χ1n) is 13.5. The molecule has 1 unspecified atom stereocenters. The molecule has 1 heterocycles. The fourth-order valence-electron chi connectivity index (χ4n) is 5.76. The van der Waals surface area contributed by atoms with Gasteiger partial charge in [0.15, 0.2) is 15.1 Å². The Kier molecular flexibility index (Phi) is 7.93. The molecule has 6 rings (SSSR count). The summed E-state index contributed by atoms with van der Waals surface area (Å²) in [5.41, 5.74) is 9.44. The monoisotopic (exact) mass is 565 g/mol. The van der Waals surface area contributed by atoms with Gasteiger partial charge in [-0.2, -0.15) is 4.57 Å². The van der Waals surface area contributed by atoms with Crippen LogP contribution < -0.4 is 17.0 Å². The van der Waals surface area contributed by atoms with Gasteiger partial charge in [-0.1, -0.05) is 83.9 Å². The van der Waals surface area contributed by atoms with E-state index in [0.717, 1.165) is 57.7 Å². The molecule has 3 nitrogen and oxygen atoms in total. The molecule has 0 saturated heterocycles. The Bertz CT molecular complexity index is 1730. The van der Waals surface area contributed by atoms with Crippen molar-refractivity contribution in [3.05, 3.63) is 138 Å². The predicted molar refractivity (Wildman–Crippen MR) is 158 cm³/mol. The van der Waals surface area contributed by atoms with E-state index in [9.17, 15) is 8.42 Å². The van der Waals surface area contributed by atoms with Crippen LogP contribution in [0.1, 0.15) is 40.5 Å². The summed E-state index contributed by atoms with van der Waals surface area (Å²) >= 11 is 0. The van der Waals surface area contributed by atoms with Crippen LogP contribution >= 0.6 is 0 Å². The summed E-state index contributed by atoms with van der Waals surface area (Å²) < 4.78 is 31.0. The topological polar surface area (TPSA) is 38.0 Å². The maximum atomic E-state index is 14.4. The lowest BCUT2D eigenvalue weighted by Gasteiger charge is -2.26. The third-order valence-corrected chi connectivity index (χ3v) is 9.90. The minimum absolute atomic E-state index is 0. The lowest BCUT2D eigenvalue weighted by molar-refractivity contribution is -0.594. The zero-order chi connectivity index (χ0) is 27.0. The summed E-state index contributed by atoms with van der Waals surface area (Å²) in [6.45, 7) is 4.06. The van der Waals surface area contributed by atoms with Crippen molar-refractivity contribution in [3.63, 3.8) is 0 Å². The molecule has 1 aliphatic rings. The second-order valence-electron chi connectivity index (χ2n) is 10.4. The van der Waals surface area contributed by atoms with Crippen molar-refractivity contribution < 1.29 is 25.4 Å². The third kappa shape index (κ3) is 5.10. The fraction of sp³-hybridized carbons (Fsp3) is 0.171. The summed E-state index contributed by atoms with van der Waals surface area (Å²) in [5.74, 6) is 0. The quantitative estimate of drug-likeness (QED) is 0.288. The van der Waals surface area contributed by atoms with Gasteiger partial charge in [0.25, 0.3) is 0 Å². The summed E-state index contributed by atoms with van der Waals surface area (Å²) in [5, 5.41) is -0.656. The molecule has 0 aliphatic heterocycles. The fourth-order valence-corrected chi connectivity index (χ4v) is 7.62. The second-order valence-corrected chi connectivity index (χ2v) is 12.6. The Balaban J connectivity index is 0.00000323. The van der Waals surface area contributed by atoms with E-state index in [1.165, 1.54) is 5.56 Å². The van der Waals surface area contributed by atoms with Crippen LogP contribution in [-0.4, -0.2) is 8.42 Å². The molecule has 0 saturated carbocycles. The Morgan fingerprint density at radius 2 is 1.25 bits per heavy atom. The summed E-state index contributed by atoms with van der Waals surface area (Å²) in [6, 6.07) is 38.6. The highest BCUT2D eigenvalue weighted by Crippen LogP contribution is 2.43. The van der Waals surface area contributed by atoms with Gasteiger partial charge in [0.05, 0.1) is 4.90 Å². The van der Waals surface area contributed by atoms with Crippen LogP contribution in [0.4, 0.5) is 0 Å². The molecule has 202 valence electrons. The molecule has 4 aromatic carbocycles. The molecule has 0 radical (unpaired) electrons. The van der Waals surface area contributed by atoms with Gasteiger partial charge in [-0.3, -0.25) is 0 Å². The first-order valence-corrected chi connectivity index (χ1v) is 15.1. The van der Waals surface area contributed by atoms with E-state index in [1.54, 1.807) is 12.1 Å². The maximum absolute atomic E-state index is 14.4. The van der Waals surface area contributed by atoms with Crippen molar-refractivity contribution in [1.82, 2.24) is 0 Å². The first kappa shape index (κ1) is 27.8. The number of rotatable bonds is 5. The number of aryl methyl sites for hydroxylation is 2. The molecule has 40 heavy (non-hydrogen) atoms. The molecule has 1 aliphatic carbocycles. The van der Waals surface area contributed by atoms with Gasteiger partial charge < -0.3 is 12.4 Å². The number of hydrogen-bond acceptors (Lipinski definition) is 2. The zero-order valence-corrected chi connectivity index (χ0v) is 24.3. The number of aromatic nitrogens is 1. The SMILES string of the molecule is Cc1ccc(-[n+]2c(-c3ccccc3)cc(-c3ccccc3)c3c2C(S(=O)(=O)c2ccc(C)cc2)CCC3)cc1.[Cl-]. The number of nitrogens with zero attached hydrogens (tertiary/aromatic N) is 1. The summed E-state index contributed by atoms with van der Waals surface area (Å²) in [6.07, 6.45) is 2.24. The Morgan fingerprint density at radius 1 is 0.700 bits per heavy atom. The van der Waals surface area contributed by atoms with Crippen LogP contribution in [-0.2, 0) is 16.3 Å². The van der Waals surface area contributed by atoms with Gasteiger partial charge in [0.2, 0.25) is 17.1 Å². The predicted octanol–water partition coefficient (Wildman–Crippen LogP) is 4.77. The average Bonchev–Trinajstić information content (AvgIpc) is 2.97. The lowest BCUT2D eigenvalue weighted by atomic mass is 9.87. The minimum Gasteiger partial charge on any atom is -1.00 e. The highest BCUT2D eigenvalue weighted by Gasteiger charge is 2.43. The number of hydrogen-bond donors (Lipinski definition) is 0. The Labute approximate surface area is 243 Å². The van der Waals surface area contributed by atoms with Gasteiger partial charge >= 0.3 is 0 Å². The van der Waals surface area contributed by atoms with Crippen molar-refractivity contribution in [2.24, 2.45) is 0 Å². The van der Waals surface area contributed by atoms with Gasteiger partial charge in [-0.25, -0.2) is 8.42 Å². The molecule has 1 atom stereocenters. The van der Waals surface area contributed by atoms with E-state index in [2.05, 4.69) is 66.1 Å². The Hall–Kier alpha value is -3.73. The smallest absolute Gasteiger partial charge is 0.219 e. The van der Waals surface area contributed by atoms with Gasteiger partial charge in [-0.05, 0) is 68.5 Å². The third-order valence-electron chi connectivity index (χ3n) is 7.77. The van der Waals surface area contributed by atoms with Crippen LogP contribution in [0.15, 0.2) is 120 Å². The largest absolute Gasteiger partial charge is 1.00 e. The van der Waals surface area contributed by atoms with Crippen LogP contribution in [0.25, 0.3) is 28.1 Å². The van der Waals surface area contributed by atoms with E-state index < -0.39 is 15.1 Å². The van der Waals surface area contributed by atoms with Crippen LogP contribution in [0.3, 0.4) is 0 Å². The lowest BCUT2D eigenvalue weighted by Crippen LogP contribution is -3.00. The molecule has 0 N–H and O–H groups in total. The molecule has 1 aromatic heterocycles. The van der Waals surface area contributed by atoms with Gasteiger partial charge in [-0.15, -0.1) is 0 Å². The molecule has 0 fully saturated rings. The van der Waals surface area contributed by atoms with E-state index in [1.807, 2.05) is 55.5 Å². The van der Waals surface area contributed by atoms with Crippen LogP contribution in [0, 0.1) is 13.8 Å². The number of halogens is 1. The van der Waals surface area contributed by atoms with E-state index in [4.69, 9.17) is 0 Å². The minimum atomic E-state index is -3.65. The molecular weight excluding hydrogens is 534 g/mol. The average molecular weight is 566 g/mol. The van der Waals surface area contributed by atoms with E-state index in [-0.39, 0.29) is 12.4 Å². The van der Waals surface area contributed by atoms with E-state index >= 15 is 0 Å². The Morgan fingerprint density at radius 3 is 1.85 bits per heavy atom. The summed E-state index contributed by atoms with van der Waals surface area (Å²) in [7, 11) is -3.65. The number of fused-ring (bicyclic) bond motifs is 1. The molecule has 0 amide bonds. The van der Waals surface area contributed by atoms with Crippen molar-refractivity contribution in [3.8, 4) is 28.1 Å². The molecular formula is C35H32ClNO2S. The number of benzene rings is 4. The zero-order valence-electron chi connectivity index (χ0n) is 22.7. The van der Waals surface area contributed by atoms with Crippen LogP contribution in [0.5, 0.6) is 0 Å². The first-order chi connectivity index (χ1) is 18.9. The number of sulfone groups is 1. The maximum Gasteiger partial charge on any atom is 0.219 e. The van der Waals surface area contributed by atoms with Crippen LogP contribution in [0.2, 0.25) is 0 Å². The molecule has 5 heteroatoms. The second kappa shape index (κ2) is 11.4.